The van der Waals surface area contributed by atoms with Gasteiger partial charge in [0, 0.05) is 46.0 Å². The van der Waals surface area contributed by atoms with Crippen molar-refractivity contribution < 1.29 is 57.8 Å². The summed E-state index contributed by atoms with van der Waals surface area (Å²) >= 11 is 0. The third-order valence-corrected chi connectivity index (χ3v) is 10.7. The second-order valence-corrected chi connectivity index (χ2v) is 17.6. The Kier molecular flexibility index (Phi) is 18.9. The molecule has 2 fully saturated rings. The van der Waals surface area contributed by atoms with Crippen molar-refractivity contribution in [3.8, 4) is 0 Å². The molecule has 2 heterocycles. The molecule has 2 saturated heterocycles. The minimum Gasteiger partial charge on any atom is -0.460 e. The van der Waals surface area contributed by atoms with Crippen molar-refractivity contribution in [1.29, 1.82) is 0 Å². The highest BCUT2D eigenvalue weighted by atomic mass is 16.7. The number of nitrogens with zero attached hydrogens (tertiary/aromatic N) is 2. The predicted molar refractivity (Wildman–Crippen MR) is 207 cm³/mol. The van der Waals surface area contributed by atoms with Gasteiger partial charge in [0.05, 0.1) is 60.3 Å². The lowest BCUT2D eigenvalue weighted by Crippen LogP contribution is -2.60. The Morgan fingerprint density at radius 3 is 2.27 bits per heavy atom. The molecule has 322 valence electrons. The molecule has 55 heavy (non-hydrogen) atoms. The van der Waals surface area contributed by atoms with Crippen LogP contribution in [0.15, 0.2) is 0 Å². The van der Waals surface area contributed by atoms with Gasteiger partial charge in [0.15, 0.2) is 12.6 Å². The van der Waals surface area contributed by atoms with E-state index >= 15 is 0 Å². The molecule has 2 aliphatic heterocycles. The molecule has 0 bridgehead atoms. The first kappa shape index (κ1) is 49.2. The fourth-order valence-corrected chi connectivity index (χ4v) is 7.87. The van der Waals surface area contributed by atoms with Crippen LogP contribution in [0.5, 0.6) is 0 Å². The number of likely N-dealkylation sites (N-methyl/N-ethyl adjacent to an activating group) is 1. The maximum atomic E-state index is 14.4. The van der Waals surface area contributed by atoms with Gasteiger partial charge in [0.25, 0.3) is 0 Å². The Morgan fingerprint density at radius 2 is 1.73 bits per heavy atom. The molecule has 0 saturated carbocycles. The second kappa shape index (κ2) is 21.2. The summed E-state index contributed by atoms with van der Waals surface area (Å²) in [5.74, 6) is -2.91. The molecule has 15 atom stereocenters. The van der Waals surface area contributed by atoms with Crippen LogP contribution in [-0.4, -0.2) is 158 Å². The monoisotopic (exact) mass is 790 g/mol. The van der Waals surface area contributed by atoms with E-state index in [2.05, 4.69) is 5.32 Å². The van der Waals surface area contributed by atoms with Crippen LogP contribution in [0.3, 0.4) is 0 Å². The predicted octanol–water partition coefficient (Wildman–Crippen LogP) is 3.11. The third kappa shape index (κ3) is 15.1. The van der Waals surface area contributed by atoms with E-state index in [1.54, 1.807) is 39.6 Å². The fourth-order valence-electron chi connectivity index (χ4n) is 7.87. The summed E-state index contributed by atoms with van der Waals surface area (Å²) in [6, 6.07) is -0.961. The average molecular weight is 790 g/mol. The number of amides is 2. The minimum atomic E-state index is -1.58. The third-order valence-electron chi connectivity index (χ3n) is 10.7. The van der Waals surface area contributed by atoms with E-state index in [9.17, 15) is 24.6 Å². The largest absolute Gasteiger partial charge is 0.460 e. The van der Waals surface area contributed by atoms with Crippen LogP contribution < -0.4 is 5.32 Å². The van der Waals surface area contributed by atoms with Gasteiger partial charge in [0.2, 0.25) is 11.8 Å². The van der Waals surface area contributed by atoms with E-state index in [1.165, 1.54) is 14.0 Å². The van der Waals surface area contributed by atoms with Crippen LogP contribution >= 0.6 is 0 Å². The smallest absolute Gasteiger partial charge is 0.302 e. The molecule has 2 amide bonds. The number of esters is 1. The van der Waals surface area contributed by atoms with Crippen molar-refractivity contribution in [2.75, 3.05) is 41.4 Å². The topological polar surface area (TPSA) is 175 Å². The quantitative estimate of drug-likeness (QED) is 0.184. The van der Waals surface area contributed by atoms with Gasteiger partial charge < -0.3 is 58.5 Å². The second-order valence-electron chi connectivity index (χ2n) is 17.6. The van der Waals surface area contributed by atoms with Crippen LogP contribution in [0, 0.1) is 17.8 Å². The van der Waals surface area contributed by atoms with Crippen molar-refractivity contribution in [1.82, 2.24) is 15.1 Å². The van der Waals surface area contributed by atoms with E-state index in [0.29, 0.717) is 13.0 Å². The molecule has 0 aromatic rings. The summed E-state index contributed by atoms with van der Waals surface area (Å²) in [7, 11) is 6.97. The first-order chi connectivity index (χ1) is 25.3. The number of carbonyl (C=O) groups excluding carboxylic acids is 3. The highest BCUT2D eigenvalue weighted by Crippen LogP contribution is 2.37. The zero-order chi connectivity index (χ0) is 42.2. The number of carbonyl (C=O) groups is 3. The van der Waals surface area contributed by atoms with Crippen LogP contribution in [0.2, 0.25) is 0 Å². The van der Waals surface area contributed by atoms with Crippen molar-refractivity contribution in [3.05, 3.63) is 0 Å². The number of ether oxygens (including phenoxy) is 7. The molecule has 15 heteroatoms. The lowest BCUT2D eigenvalue weighted by Gasteiger charge is -2.47. The lowest BCUT2D eigenvalue weighted by atomic mass is 9.77. The highest BCUT2D eigenvalue weighted by molar-refractivity contribution is 5.81. The lowest BCUT2D eigenvalue weighted by molar-refractivity contribution is -0.306. The van der Waals surface area contributed by atoms with E-state index in [4.69, 9.17) is 33.2 Å². The number of methoxy groups -OCH3 is 1. The molecular weight excluding hydrogens is 714 g/mol. The maximum Gasteiger partial charge on any atom is 0.302 e. The zero-order valence-electron chi connectivity index (χ0n) is 36.5. The average Bonchev–Trinajstić information content (AvgIpc) is 3.04. The van der Waals surface area contributed by atoms with Gasteiger partial charge in [-0.1, -0.05) is 20.8 Å². The van der Waals surface area contributed by atoms with Gasteiger partial charge in [-0.05, 0) is 88.2 Å². The Hall–Kier alpha value is -1.95. The summed E-state index contributed by atoms with van der Waals surface area (Å²) in [5, 5.41) is 27.1. The molecule has 15 nitrogen and oxygen atoms in total. The maximum absolute atomic E-state index is 14.4. The fraction of sp³-hybridized carbons (Fsp3) is 0.925. The number of aliphatic hydroxyl groups is 2. The molecule has 0 aromatic heterocycles. The van der Waals surface area contributed by atoms with Gasteiger partial charge in [0.1, 0.15) is 12.2 Å². The molecule has 0 aromatic carbocycles. The molecule has 0 radical (unpaired) electrons. The Bertz CT molecular complexity index is 1210. The number of aliphatic hydroxyl groups excluding tert-OH is 1. The number of hydrogen-bond donors (Lipinski definition) is 3. The summed E-state index contributed by atoms with van der Waals surface area (Å²) in [6.07, 6.45) is -6.56. The summed E-state index contributed by atoms with van der Waals surface area (Å²) in [6.45, 7) is 21.7. The molecule has 3 N–H and O–H groups in total. The Morgan fingerprint density at radius 1 is 1.11 bits per heavy atom. The molecular formula is C40H75N3O12. The zero-order valence-corrected chi connectivity index (χ0v) is 36.5. The first-order valence-electron chi connectivity index (χ1n) is 19.8. The summed E-state index contributed by atoms with van der Waals surface area (Å²) in [5.41, 5.74) is -2.12. The van der Waals surface area contributed by atoms with Gasteiger partial charge in [-0.3, -0.25) is 14.4 Å². The van der Waals surface area contributed by atoms with Crippen molar-refractivity contribution in [2.24, 2.45) is 17.8 Å². The van der Waals surface area contributed by atoms with Crippen molar-refractivity contribution in [3.63, 3.8) is 0 Å². The Balaban J connectivity index is 2.74. The normalized spacial score (nSPS) is 35.7. The number of rotatable bonds is 13. The van der Waals surface area contributed by atoms with Crippen LogP contribution in [0.25, 0.3) is 0 Å². The van der Waals surface area contributed by atoms with Crippen LogP contribution in [0.4, 0.5) is 0 Å². The molecule has 0 unspecified atom stereocenters. The van der Waals surface area contributed by atoms with E-state index in [1.807, 2.05) is 67.5 Å². The van der Waals surface area contributed by atoms with Crippen LogP contribution in [0.1, 0.15) is 102 Å². The minimum absolute atomic E-state index is 0.00870. The number of nitrogens with one attached hydrogen (secondary N) is 1. The van der Waals surface area contributed by atoms with Gasteiger partial charge >= 0.3 is 5.97 Å². The molecule has 0 aliphatic carbocycles. The Labute approximate surface area is 330 Å². The SMILES string of the molecule is COC[C@H](O[C@H]1[C@H](C)[C@@H](O[C@@H]2O[C@H](C)C[C@H](N(C)C)[C@H]2O)[C@](C)(O)C[C@@H](C)CN(C)C(=O)C[C@H]([C@@H](C)OC(C)(C)C)NC(=O)[C@@H]1C)O[C@@H](C)[C@@H](C)OC(C)=O. The van der Waals surface area contributed by atoms with E-state index in [0.717, 1.165) is 0 Å². The van der Waals surface area contributed by atoms with Gasteiger partial charge in [-0.25, -0.2) is 0 Å². The summed E-state index contributed by atoms with van der Waals surface area (Å²) in [4.78, 5) is 43.4. The summed E-state index contributed by atoms with van der Waals surface area (Å²) < 4.78 is 43.0. The van der Waals surface area contributed by atoms with E-state index in [-0.39, 0.29) is 43.4 Å². The van der Waals surface area contributed by atoms with E-state index < -0.39 is 90.2 Å². The highest BCUT2D eigenvalue weighted by Gasteiger charge is 2.49. The van der Waals surface area contributed by atoms with Crippen LogP contribution in [-0.2, 0) is 47.5 Å². The molecule has 2 rings (SSSR count). The van der Waals surface area contributed by atoms with Crippen molar-refractivity contribution >= 4 is 17.8 Å². The van der Waals surface area contributed by atoms with Gasteiger partial charge in [-0.15, -0.1) is 0 Å². The molecule has 2 aliphatic rings. The first-order valence-corrected chi connectivity index (χ1v) is 19.8. The van der Waals surface area contributed by atoms with Gasteiger partial charge in [-0.2, -0.15) is 0 Å². The standard InChI is InChI=1S/C40H75N3O12/c1-22-19-40(12,48)36(54-38-34(46)31(42(13)14)17-23(2)50-38)24(3)35(53-33(21-49-16)52-27(6)26(5)51-29(8)44)25(4)37(47)41-30(18-32(45)43(15)20-22)28(7)55-39(9,10)11/h22-28,30-31,33-36,38,46,48H,17-21H2,1-16H3,(H,41,47)/t22-,23-,24+,25-,26-,27+,28-,30-,31+,33+,34-,35+,36-,38+,40-/m1/s1. The number of hydrogen-bond acceptors (Lipinski definition) is 13. The van der Waals surface area contributed by atoms with Crippen molar-refractivity contribution in [2.45, 2.75) is 181 Å². The molecule has 0 spiro atoms.